The first-order valence-electron chi connectivity index (χ1n) is 7.20. The Hall–Kier alpha value is -1.69. The predicted octanol–water partition coefficient (Wildman–Crippen LogP) is 1.28. The molecule has 5 nitrogen and oxygen atoms in total. The number of nitrogens with zero attached hydrogens (tertiary/aromatic N) is 3. The van der Waals surface area contributed by atoms with Gasteiger partial charge in [0.2, 0.25) is 0 Å². The highest BCUT2D eigenvalue weighted by atomic mass is 16.3. The molecule has 5 heteroatoms. The average Bonchev–Trinajstić information content (AvgIpc) is 2.79. The van der Waals surface area contributed by atoms with Crippen LogP contribution in [0.4, 0.5) is 0 Å². The highest BCUT2D eigenvalue weighted by Crippen LogP contribution is 2.14. The summed E-state index contributed by atoms with van der Waals surface area (Å²) in [6.45, 7) is 6.09. The highest BCUT2D eigenvalue weighted by Gasteiger charge is 2.07. The summed E-state index contributed by atoms with van der Waals surface area (Å²) in [6.07, 6.45) is 0. The van der Waals surface area contributed by atoms with E-state index in [1.165, 1.54) is 0 Å². The Bertz CT molecular complexity index is 557. The maximum atomic E-state index is 9.03. The van der Waals surface area contributed by atoms with Crippen LogP contribution in [0.15, 0.2) is 30.3 Å². The summed E-state index contributed by atoms with van der Waals surface area (Å²) >= 11 is 0. The monoisotopic (exact) mass is 289 g/mol. The maximum Gasteiger partial charge on any atom is 0.0648 e. The van der Waals surface area contributed by atoms with E-state index in [9.17, 15) is 0 Å². The molecule has 0 amide bonds. The van der Waals surface area contributed by atoms with Gasteiger partial charge in [0.1, 0.15) is 0 Å². The van der Waals surface area contributed by atoms with Gasteiger partial charge in [-0.1, -0.05) is 12.1 Å². The summed E-state index contributed by atoms with van der Waals surface area (Å²) in [6, 6.07) is 10.3. The van der Waals surface area contributed by atoms with Crippen LogP contribution in [-0.2, 0) is 6.54 Å². The van der Waals surface area contributed by atoms with Crippen LogP contribution in [0, 0.1) is 13.8 Å². The second kappa shape index (κ2) is 7.36. The Morgan fingerprint density at radius 1 is 1.05 bits per heavy atom. The molecule has 0 unspecified atom stereocenters. The van der Waals surface area contributed by atoms with Crippen molar-refractivity contribution in [2.24, 2.45) is 0 Å². The van der Waals surface area contributed by atoms with Crippen molar-refractivity contribution in [1.82, 2.24) is 14.7 Å². The van der Waals surface area contributed by atoms with Gasteiger partial charge in [0.15, 0.2) is 0 Å². The van der Waals surface area contributed by atoms with Gasteiger partial charge in [0.25, 0.3) is 0 Å². The zero-order valence-corrected chi connectivity index (χ0v) is 12.7. The molecule has 2 N–H and O–H groups in total. The van der Waals surface area contributed by atoms with Crippen LogP contribution in [0.25, 0.3) is 5.69 Å². The predicted molar refractivity (Wildman–Crippen MR) is 82.5 cm³/mol. The van der Waals surface area contributed by atoms with Gasteiger partial charge in [-0.05, 0) is 37.6 Å². The lowest BCUT2D eigenvalue weighted by molar-refractivity contribution is 0.156. The van der Waals surface area contributed by atoms with Crippen molar-refractivity contribution < 1.29 is 10.2 Å². The number of benzene rings is 1. The molecular formula is C16H23N3O2. The number of hydrogen-bond donors (Lipinski definition) is 2. The van der Waals surface area contributed by atoms with Crippen LogP contribution >= 0.6 is 0 Å². The minimum atomic E-state index is 0.101. The Kier molecular flexibility index (Phi) is 5.50. The van der Waals surface area contributed by atoms with Crippen molar-refractivity contribution in [3.05, 3.63) is 47.3 Å². The number of aromatic nitrogens is 2. The van der Waals surface area contributed by atoms with E-state index in [0.717, 1.165) is 29.2 Å². The molecule has 0 aliphatic carbocycles. The SMILES string of the molecule is Cc1cc(C)n(-c2ccc(CN(CCO)CCO)cc2)n1. The van der Waals surface area contributed by atoms with Gasteiger partial charge < -0.3 is 10.2 Å². The van der Waals surface area contributed by atoms with Gasteiger partial charge in [0.05, 0.1) is 24.6 Å². The van der Waals surface area contributed by atoms with E-state index in [0.29, 0.717) is 13.1 Å². The highest BCUT2D eigenvalue weighted by molar-refractivity contribution is 5.36. The smallest absolute Gasteiger partial charge is 0.0648 e. The lowest BCUT2D eigenvalue weighted by Crippen LogP contribution is -2.29. The van der Waals surface area contributed by atoms with E-state index in [1.807, 2.05) is 35.6 Å². The number of aryl methyl sites for hydroxylation is 2. The lowest BCUT2D eigenvalue weighted by Gasteiger charge is -2.20. The Morgan fingerprint density at radius 2 is 1.67 bits per heavy atom. The van der Waals surface area contributed by atoms with E-state index < -0.39 is 0 Å². The fourth-order valence-electron chi connectivity index (χ4n) is 2.44. The minimum Gasteiger partial charge on any atom is -0.395 e. The number of aliphatic hydroxyl groups is 2. The fraction of sp³-hybridized carbons (Fsp3) is 0.438. The van der Waals surface area contributed by atoms with E-state index >= 15 is 0 Å². The third-order valence-electron chi connectivity index (χ3n) is 3.43. The summed E-state index contributed by atoms with van der Waals surface area (Å²) in [4.78, 5) is 2.03. The molecule has 0 spiro atoms. The van der Waals surface area contributed by atoms with Crippen molar-refractivity contribution in [3.8, 4) is 5.69 Å². The molecular weight excluding hydrogens is 266 g/mol. The molecule has 0 aliphatic heterocycles. The molecule has 21 heavy (non-hydrogen) atoms. The summed E-state index contributed by atoms with van der Waals surface area (Å²) in [7, 11) is 0. The third-order valence-corrected chi connectivity index (χ3v) is 3.43. The molecule has 2 rings (SSSR count). The topological polar surface area (TPSA) is 61.5 Å². The summed E-state index contributed by atoms with van der Waals surface area (Å²) < 4.78 is 1.93. The van der Waals surface area contributed by atoms with Crippen molar-refractivity contribution in [1.29, 1.82) is 0 Å². The number of aliphatic hydroxyl groups excluding tert-OH is 2. The van der Waals surface area contributed by atoms with E-state index in [4.69, 9.17) is 10.2 Å². The van der Waals surface area contributed by atoms with Crippen LogP contribution < -0.4 is 0 Å². The normalized spacial score (nSPS) is 11.3. The second-order valence-corrected chi connectivity index (χ2v) is 5.23. The third kappa shape index (κ3) is 4.14. The first-order valence-corrected chi connectivity index (χ1v) is 7.20. The first-order chi connectivity index (χ1) is 10.1. The number of rotatable bonds is 7. The van der Waals surface area contributed by atoms with Crippen LogP contribution in [0.2, 0.25) is 0 Å². The van der Waals surface area contributed by atoms with Crippen molar-refractivity contribution in [2.45, 2.75) is 20.4 Å². The maximum absolute atomic E-state index is 9.03. The molecule has 0 saturated heterocycles. The summed E-state index contributed by atoms with van der Waals surface area (Å²) in [5.41, 5.74) is 4.32. The molecule has 0 bridgehead atoms. The van der Waals surface area contributed by atoms with Crippen LogP contribution in [0.5, 0.6) is 0 Å². The fourth-order valence-corrected chi connectivity index (χ4v) is 2.44. The van der Waals surface area contributed by atoms with Gasteiger partial charge in [-0.25, -0.2) is 4.68 Å². The summed E-state index contributed by atoms with van der Waals surface area (Å²) in [5, 5.41) is 22.5. The minimum absolute atomic E-state index is 0.101. The summed E-state index contributed by atoms with van der Waals surface area (Å²) in [5.74, 6) is 0. The van der Waals surface area contributed by atoms with Gasteiger partial charge in [0, 0.05) is 25.3 Å². The van der Waals surface area contributed by atoms with Gasteiger partial charge in [-0.3, -0.25) is 4.90 Å². The van der Waals surface area contributed by atoms with Gasteiger partial charge >= 0.3 is 0 Å². The molecule has 114 valence electrons. The van der Waals surface area contributed by atoms with Gasteiger partial charge in [-0.2, -0.15) is 5.10 Å². The quantitative estimate of drug-likeness (QED) is 0.806. The Morgan fingerprint density at radius 3 is 2.14 bits per heavy atom. The molecule has 0 aliphatic rings. The molecule has 2 aromatic rings. The zero-order valence-electron chi connectivity index (χ0n) is 12.7. The molecule has 1 heterocycles. The average molecular weight is 289 g/mol. The van der Waals surface area contributed by atoms with Crippen molar-refractivity contribution in [3.63, 3.8) is 0 Å². The Labute approximate surface area is 125 Å². The molecule has 0 fully saturated rings. The largest absolute Gasteiger partial charge is 0.395 e. The van der Waals surface area contributed by atoms with Crippen LogP contribution in [0.1, 0.15) is 17.0 Å². The standard InChI is InChI=1S/C16H23N3O2/c1-13-11-14(2)19(17-13)16-5-3-15(4-6-16)12-18(7-9-20)8-10-21/h3-6,11,20-21H,7-10,12H2,1-2H3. The van der Waals surface area contributed by atoms with Crippen molar-refractivity contribution >= 4 is 0 Å². The Balaban J connectivity index is 2.09. The first kappa shape index (κ1) is 15.7. The van der Waals surface area contributed by atoms with E-state index in [2.05, 4.69) is 23.3 Å². The van der Waals surface area contributed by atoms with E-state index in [1.54, 1.807) is 0 Å². The molecule has 0 atom stereocenters. The molecule has 0 saturated carbocycles. The van der Waals surface area contributed by atoms with Crippen LogP contribution in [-0.4, -0.2) is 51.2 Å². The van der Waals surface area contributed by atoms with E-state index in [-0.39, 0.29) is 13.2 Å². The molecule has 1 aromatic heterocycles. The van der Waals surface area contributed by atoms with Crippen molar-refractivity contribution in [2.75, 3.05) is 26.3 Å². The van der Waals surface area contributed by atoms with Gasteiger partial charge in [-0.15, -0.1) is 0 Å². The molecule has 0 radical (unpaired) electrons. The lowest BCUT2D eigenvalue weighted by atomic mass is 10.2. The molecule has 1 aromatic carbocycles. The second-order valence-electron chi connectivity index (χ2n) is 5.23. The number of hydrogen-bond acceptors (Lipinski definition) is 4. The zero-order chi connectivity index (χ0) is 15.2. The van der Waals surface area contributed by atoms with Crippen LogP contribution in [0.3, 0.4) is 0 Å².